The second-order valence-corrected chi connectivity index (χ2v) is 4.66. The van der Waals surface area contributed by atoms with Gasteiger partial charge in [0.05, 0.1) is 25.3 Å². The number of aromatic nitrogens is 2. The van der Waals surface area contributed by atoms with E-state index in [2.05, 4.69) is 27.8 Å². The van der Waals surface area contributed by atoms with Crippen LogP contribution in [0, 0.1) is 0 Å². The zero-order valence-electron chi connectivity index (χ0n) is 10.9. The first kappa shape index (κ1) is 13.3. The number of hydrogen-bond acceptors (Lipinski definition) is 7. The zero-order valence-corrected chi connectivity index (χ0v) is 10.9. The van der Waals surface area contributed by atoms with Gasteiger partial charge in [-0.25, -0.2) is 0 Å². The van der Waals surface area contributed by atoms with Crippen LogP contribution in [0.25, 0.3) is 0 Å². The summed E-state index contributed by atoms with van der Waals surface area (Å²) < 4.78 is 15.8. The second kappa shape index (κ2) is 6.12. The molecule has 0 aliphatic carbocycles. The van der Waals surface area contributed by atoms with E-state index in [0.717, 1.165) is 19.6 Å². The first-order valence-electron chi connectivity index (χ1n) is 6.10. The SMILES string of the molecule is COCCNCc1nnc(NC2(C)CCOC2)o1. The van der Waals surface area contributed by atoms with Gasteiger partial charge < -0.3 is 24.5 Å². The van der Waals surface area contributed by atoms with Crippen LogP contribution in [0.15, 0.2) is 4.42 Å². The molecule has 1 aromatic rings. The van der Waals surface area contributed by atoms with Gasteiger partial charge in [0.2, 0.25) is 5.89 Å². The molecule has 7 heteroatoms. The second-order valence-electron chi connectivity index (χ2n) is 4.66. The molecule has 0 saturated carbocycles. The smallest absolute Gasteiger partial charge is 0.316 e. The Kier molecular flexibility index (Phi) is 4.51. The van der Waals surface area contributed by atoms with Gasteiger partial charge in [0.25, 0.3) is 0 Å². The number of nitrogens with one attached hydrogen (secondary N) is 2. The van der Waals surface area contributed by atoms with Crippen molar-refractivity contribution in [2.45, 2.75) is 25.4 Å². The highest BCUT2D eigenvalue weighted by molar-refractivity contribution is 5.24. The van der Waals surface area contributed by atoms with Crippen molar-refractivity contribution < 1.29 is 13.9 Å². The first-order chi connectivity index (χ1) is 8.72. The van der Waals surface area contributed by atoms with Gasteiger partial charge in [-0.1, -0.05) is 5.10 Å². The first-order valence-corrected chi connectivity index (χ1v) is 6.10. The van der Waals surface area contributed by atoms with Crippen molar-refractivity contribution in [3.05, 3.63) is 5.89 Å². The summed E-state index contributed by atoms with van der Waals surface area (Å²) in [7, 11) is 1.67. The van der Waals surface area contributed by atoms with Crippen LogP contribution in [-0.2, 0) is 16.0 Å². The van der Waals surface area contributed by atoms with Crippen molar-refractivity contribution in [2.24, 2.45) is 0 Å². The maximum Gasteiger partial charge on any atom is 0.316 e. The number of nitrogens with zero attached hydrogens (tertiary/aromatic N) is 2. The predicted molar refractivity (Wildman–Crippen MR) is 65.3 cm³/mol. The van der Waals surface area contributed by atoms with Gasteiger partial charge in [-0.3, -0.25) is 0 Å². The van der Waals surface area contributed by atoms with Crippen LogP contribution in [0.2, 0.25) is 0 Å². The molecule has 0 aromatic carbocycles. The molecule has 1 atom stereocenters. The quantitative estimate of drug-likeness (QED) is 0.683. The van der Waals surface area contributed by atoms with Crippen molar-refractivity contribution >= 4 is 6.01 Å². The molecule has 1 unspecified atom stereocenters. The molecule has 2 rings (SSSR count). The Labute approximate surface area is 106 Å². The Balaban J connectivity index is 1.78. The summed E-state index contributed by atoms with van der Waals surface area (Å²) in [5.74, 6) is 0.566. The zero-order chi connectivity index (χ0) is 12.8. The van der Waals surface area contributed by atoms with E-state index < -0.39 is 0 Å². The highest BCUT2D eigenvalue weighted by Crippen LogP contribution is 2.22. The van der Waals surface area contributed by atoms with Crippen LogP contribution in [0.1, 0.15) is 19.2 Å². The molecule has 1 aliphatic rings. The highest BCUT2D eigenvalue weighted by Gasteiger charge is 2.31. The molecule has 0 amide bonds. The average molecular weight is 256 g/mol. The standard InChI is InChI=1S/C11H20N4O3/c1-11(3-5-17-8-11)13-10-15-14-9(18-10)7-12-4-6-16-2/h12H,3-8H2,1-2H3,(H,13,15). The van der Waals surface area contributed by atoms with Crippen LogP contribution in [-0.4, -0.2) is 49.2 Å². The number of rotatable bonds is 7. The van der Waals surface area contributed by atoms with Crippen LogP contribution >= 0.6 is 0 Å². The lowest BCUT2D eigenvalue weighted by Gasteiger charge is -2.21. The van der Waals surface area contributed by atoms with Crippen molar-refractivity contribution in [1.82, 2.24) is 15.5 Å². The van der Waals surface area contributed by atoms with Gasteiger partial charge >= 0.3 is 6.01 Å². The Hall–Kier alpha value is -1.18. The number of anilines is 1. The molecule has 0 bridgehead atoms. The van der Waals surface area contributed by atoms with E-state index in [9.17, 15) is 0 Å². The Morgan fingerprint density at radius 3 is 3.06 bits per heavy atom. The van der Waals surface area contributed by atoms with Crippen molar-refractivity contribution in [3.8, 4) is 0 Å². The van der Waals surface area contributed by atoms with Crippen molar-refractivity contribution in [3.63, 3.8) is 0 Å². The summed E-state index contributed by atoms with van der Waals surface area (Å²) in [5, 5.41) is 14.3. The van der Waals surface area contributed by atoms with Crippen molar-refractivity contribution in [2.75, 3.05) is 38.8 Å². The molecule has 1 saturated heterocycles. The molecule has 1 fully saturated rings. The van der Waals surface area contributed by atoms with E-state index in [0.29, 0.717) is 31.7 Å². The lowest BCUT2D eigenvalue weighted by Crippen LogP contribution is -2.35. The molecule has 2 heterocycles. The highest BCUT2D eigenvalue weighted by atomic mass is 16.5. The molecule has 0 radical (unpaired) electrons. The summed E-state index contributed by atoms with van der Waals surface area (Å²) in [4.78, 5) is 0. The summed E-state index contributed by atoms with van der Waals surface area (Å²) >= 11 is 0. The van der Waals surface area contributed by atoms with Gasteiger partial charge in [0, 0.05) is 20.3 Å². The maximum absolute atomic E-state index is 5.50. The van der Waals surface area contributed by atoms with Gasteiger partial charge in [-0.2, -0.15) is 0 Å². The molecule has 1 aliphatic heterocycles. The Morgan fingerprint density at radius 2 is 2.33 bits per heavy atom. The van der Waals surface area contributed by atoms with Crippen LogP contribution in [0.3, 0.4) is 0 Å². The predicted octanol–water partition coefficient (Wildman–Crippen LogP) is 0.396. The molecule has 18 heavy (non-hydrogen) atoms. The van der Waals surface area contributed by atoms with Crippen LogP contribution < -0.4 is 10.6 Å². The fourth-order valence-electron chi connectivity index (χ4n) is 1.77. The van der Waals surface area contributed by atoms with E-state index >= 15 is 0 Å². The lowest BCUT2D eigenvalue weighted by molar-refractivity contribution is 0.184. The number of methoxy groups -OCH3 is 1. The minimum absolute atomic E-state index is 0.104. The molecule has 0 spiro atoms. The van der Waals surface area contributed by atoms with E-state index in [-0.39, 0.29) is 5.54 Å². The van der Waals surface area contributed by atoms with Gasteiger partial charge in [-0.05, 0) is 13.3 Å². The van der Waals surface area contributed by atoms with Gasteiger partial charge in [0.1, 0.15) is 0 Å². The van der Waals surface area contributed by atoms with E-state index in [1.54, 1.807) is 7.11 Å². The molecule has 7 nitrogen and oxygen atoms in total. The third kappa shape index (κ3) is 3.66. The molecule has 1 aromatic heterocycles. The summed E-state index contributed by atoms with van der Waals surface area (Å²) in [5.41, 5.74) is -0.104. The van der Waals surface area contributed by atoms with Gasteiger partial charge in [-0.15, -0.1) is 5.10 Å². The monoisotopic (exact) mass is 256 g/mol. The lowest BCUT2D eigenvalue weighted by atomic mass is 10.0. The molecular weight excluding hydrogens is 236 g/mol. The largest absolute Gasteiger partial charge is 0.407 e. The van der Waals surface area contributed by atoms with Crippen LogP contribution in [0.5, 0.6) is 0 Å². The van der Waals surface area contributed by atoms with Crippen molar-refractivity contribution in [1.29, 1.82) is 0 Å². The molecule has 2 N–H and O–H groups in total. The topological polar surface area (TPSA) is 81.4 Å². The summed E-state index contributed by atoms with van der Waals surface area (Å²) in [6.07, 6.45) is 0.941. The van der Waals surface area contributed by atoms with Gasteiger partial charge in [0.15, 0.2) is 0 Å². The van der Waals surface area contributed by atoms with E-state index in [4.69, 9.17) is 13.9 Å². The summed E-state index contributed by atoms with van der Waals surface area (Å²) in [6, 6.07) is 0.451. The van der Waals surface area contributed by atoms with E-state index in [1.807, 2.05) is 0 Å². The number of hydrogen-bond donors (Lipinski definition) is 2. The molecule has 102 valence electrons. The normalized spacial score (nSPS) is 23.4. The third-order valence-electron chi connectivity index (χ3n) is 2.85. The van der Waals surface area contributed by atoms with E-state index in [1.165, 1.54) is 0 Å². The fourth-order valence-corrected chi connectivity index (χ4v) is 1.77. The third-order valence-corrected chi connectivity index (χ3v) is 2.85. The minimum atomic E-state index is -0.104. The molecular formula is C11H20N4O3. The maximum atomic E-state index is 5.50. The Bertz CT molecular complexity index is 363. The number of ether oxygens (including phenoxy) is 2. The summed E-state index contributed by atoms with van der Waals surface area (Å²) in [6.45, 7) is 5.48. The average Bonchev–Trinajstić information content (AvgIpc) is 2.95. The fraction of sp³-hybridized carbons (Fsp3) is 0.818. The Morgan fingerprint density at radius 1 is 1.44 bits per heavy atom. The van der Waals surface area contributed by atoms with Crippen LogP contribution in [0.4, 0.5) is 6.01 Å². The minimum Gasteiger partial charge on any atom is -0.407 e.